The van der Waals surface area contributed by atoms with Gasteiger partial charge in [-0.2, -0.15) is 0 Å². The number of fused-ring (bicyclic) bond motifs is 1. The second kappa shape index (κ2) is 3.63. The molecule has 1 aromatic carbocycles. The molecule has 4 heteroatoms. The van der Waals surface area contributed by atoms with Crippen molar-refractivity contribution in [1.29, 1.82) is 0 Å². The van der Waals surface area contributed by atoms with Crippen molar-refractivity contribution in [3.63, 3.8) is 0 Å². The van der Waals surface area contributed by atoms with Crippen LogP contribution in [0.25, 0.3) is 10.1 Å². The van der Waals surface area contributed by atoms with Crippen LogP contribution in [0, 0.1) is 3.57 Å². The lowest BCUT2D eigenvalue weighted by Gasteiger charge is -2.00. The highest BCUT2D eigenvalue weighted by Gasteiger charge is 2.08. The first-order valence-electron chi connectivity index (χ1n) is 3.67. The number of benzene rings is 1. The van der Waals surface area contributed by atoms with Crippen molar-refractivity contribution in [1.82, 2.24) is 0 Å². The van der Waals surface area contributed by atoms with Crippen LogP contribution in [0.1, 0.15) is 5.56 Å². The molecule has 1 heterocycles. The van der Waals surface area contributed by atoms with Gasteiger partial charge >= 0.3 is 0 Å². The Morgan fingerprint density at radius 2 is 2.23 bits per heavy atom. The minimum absolute atomic E-state index is 0.340. The summed E-state index contributed by atoms with van der Waals surface area (Å²) in [7, 11) is 0. The zero-order valence-electron chi connectivity index (χ0n) is 6.55. The number of hydrogen-bond donors (Lipinski definition) is 1. The standard InChI is InChI=1S/C9H6ClIOS/c10-3-5-1-6(11)2-8-9(5)7(12)4-13-8/h1-2,4,12H,3H2. The Morgan fingerprint density at radius 3 is 2.92 bits per heavy atom. The molecule has 0 unspecified atom stereocenters. The number of thiophene rings is 1. The molecule has 0 radical (unpaired) electrons. The van der Waals surface area contributed by atoms with Crippen molar-refractivity contribution >= 4 is 55.6 Å². The quantitative estimate of drug-likeness (QED) is 0.622. The van der Waals surface area contributed by atoms with E-state index in [9.17, 15) is 5.11 Å². The molecule has 0 spiro atoms. The van der Waals surface area contributed by atoms with E-state index < -0.39 is 0 Å². The van der Waals surface area contributed by atoms with E-state index in [4.69, 9.17) is 11.6 Å². The Kier molecular flexibility index (Phi) is 2.67. The van der Waals surface area contributed by atoms with Crippen LogP contribution < -0.4 is 0 Å². The molecule has 68 valence electrons. The van der Waals surface area contributed by atoms with Crippen molar-refractivity contribution in [3.05, 3.63) is 26.6 Å². The van der Waals surface area contributed by atoms with Crippen molar-refractivity contribution in [3.8, 4) is 5.75 Å². The molecular formula is C9H6ClIOS. The number of rotatable bonds is 1. The highest BCUT2D eigenvalue weighted by Crippen LogP contribution is 2.35. The molecule has 0 aliphatic heterocycles. The Balaban J connectivity index is 2.85. The van der Waals surface area contributed by atoms with Crippen LogP contribution in [0.2, 0.25) is 0 Å². The molecule has 0 fully saturated rings. The molecule has 2 aromatic rings. The maximum Gasteiger partial charge on any atom is 0.134 e. The number of halogens is 2. The fourth-order valence-electron chi connectivity index (χ4n) is 1.30. The monoisotopic (exact) mass is 324 g/mol. The summed E-state index contributed by atoms with van der Waals surface area (Å²) in [6, 6.07) is 4.05. The molecule has 1 N–H and O–H groups in total. The molecule has 0 saturated carbocycles. The first-order chi connectivity index (χ1) is 6.22. The average Bonchev–Trinajstić information content (AvgIpc) is 2.46. The summed E-state index contributed by atoms with van der Waals surface area (Å²) in [5.41, 5.74) is 1.00. The lowest BCUT2D eigenvalue weighted by Crippen LogP contribution is -1.81. The van der Waals surface area contributed by atoms with Gasteiger partial charge in [0.05, 0.1) is 0 Å². The molecule has 0 atom stereocenters. The van der Waals surface area contributed by atoms with Crippen molar-refractivity contribution < 1.29 is 5.11 Å². The van der Waals surface area contributed by atoms with Gasteiger partial charge in [0.15, 0.2) is 0 Å². The van der Waals surface area contributed by atoms with Crippen LogP contribution in [0.3, 0.4) is 0 Å². The first-order valence-corrected chi connectivity index (χ1v) is 6.16. The van der Waals surface area contributed by atoms with Crippen molar-refractivity contribution in [2.45, 2.75) is 5.88 Å². The van der Waals surface area contributed by atoms with E-state index in [1.54, 1.807) is 16.7 Å². The van der Waals surface area contributed by atoms with Crippen LogP contribution in [-0.2, 0) is 5.88 Å². The third-order valence-electron chi connectivity index (χ3n) is 1.85. The van der Waals surface area contributed by atoms with Crippen LogP contribution in [0.5, 0.6) is 5.75 Å². The highest BCUT2D eigenvalue weighted by molar-refractivity contribution is 14.1. The van der Waals surface area contributed by atoms with Gasteiger partial charge in [-0.1, -0.05) is 0 Å². The van der Waals surface area contributed by atoms with E-state index in [1.807, 2.05) is 6.07 Å². The number of hydrogen-bond acceptors (Lipinski definition) is 2. The van der Waals surface area contributed by atoms with E-state index in [-0.39, 0.29) is 0 Å². The lowest BCUT2D eigenvalue weighted by atomic mass is 10.1. The van der Waals surface area contributed by atoms with E-state index in [2.05, 4.69) is 28.7 Å². The second-order valence-corrected chi connectivity index (χ2v) is 5.12. The Labute approximate surface area is 98.5 Å². The molecule has 0 aliphatic carbocycles. The van der Waals surface area contributed by atoms with E-state index in [1.165, 1.54) is 0 Å². The van der Waals surface area contributed by atoms with Gasteiger partial charge in [0, 0.05) is 24.9 Å². The van der Waals surface area contributed by atoms with Gasteiger partial charge in [-0.3, -0.25) is 0 Å². The van der Waals surface area contributed by atoms with Gasteiger partial charge < -0.3 is 5.11 Å². The number of alkyl halides is 1. The van der Waals surface area contributed by atoms with Crippen LogP contribution >= 0.6 is 45.5 Å². The molecule has 0 amide bonds. The second-order valence-electron chi connectivity index (χ2n) is 2.69. The van der Waals surface area contributed by atoms with Crippen LogP contribution in [0.15, 0.2) is 17.5 Å². The summed E-state index contributed by atoms with van der Waals surface area (Å²) in [6.07, 6.45) is 0. The van der Waals surface area contributed by atoms with Gasteiger partial charge in [0.2, 0.25) is 0 Å². The third kappa shape index (κ3) is 1.65. The summed E-state index contributed by atoms with van der Waals surface area (Å²) in [4.78, 5) is 0. The highest BCUT2D eigenvalue weighted by atomic mass is 127. The maximum atomic E-state index is 9.56. The molecule has 1 aromatic heterocycles. The van der Waals surface area contributed by atoms with Crippen LogP contribution in [0.4, 0.5) is 0 Å². The largest absolute Gasteiger partial charge is 0.506 e. The average molecular weight is 325 g/mol. The van der Waals surface area contributed by atoms with Gasteiger partial charge in [0.1, 0.15) is 5.75 Å². The zero-order valence-corrected chi connectivity index (χ0v) is 10.3. The molecule has 0 aliphatic rings. The molecule has 0 bridgehead atoms. The summed E-state index contributed by atoms with van der Waals surface area (Å²) >= 11 is 9.59. The minimum Gasteiger partial charge on any atom is -0.506 e. The fraction of sp³-hybridized carbons (Fsp3) is 0.111. The fourth-order valence-corrected chi connectivity index (χ4v) is 3.32. The Bertz CT molecular complexity index is 452. The molecule has 13 heavy (non-hydrogen) atoms. The Morgan fingerprint density at radius 1 is 1.46 bits per heavy atom. The lowest BCUT2D eigenvalue weighted by molar-refractivity contribution is 0.483. The van der Waals surface area contributed by atoms with Crippen molar-refractivity contribution in [2.75, 3.05) is 0 Å². The van der Waals surface area contributed by atoms with Crippen LogP contribution in [-0.4, -0.2) is 5.11 Å². The van der Waals surface area contributed by atoms with Gasteiger partial charge in [-0.05, 0) is 40.3 Å². The smallest absolute Gasteiger partial charge is 0.134 e. The maximum absolute atomic E-state index is 9.56. The number of aromatic hydroxyl groups is 1. The van der Waals surface area contributed by atoms with E-state index in [0.29, 0.717) is 11.6 Å². The first kappa shape index (κ1) is 9.55. The minimum atomic E-state index is 0.340. The summed E-state index contributed by atoms with van der Waals surface area (Å²) in [5, 5.41) is 12.2. The predicted molar refractivity (Wildman–Crippen MR) is 65.8 cm³/mol. The molecule has 0 saturated heterocycles. The predicted octanol–water partition coefficient (Wildman–Crippen LogP) is 3.95. The normalized spacial score (nSPS) is 10.9. The van der Waals surface area contributed by atoms with Crippen molar-refractivity contribution in [2.24, 2.45) is 0 Å². The summed E-state index contributed by atoms with van der Waals surface area (Å²) < 4.78 is 2.25. The van der Waals surface area contributed by atoms with E-state index >= 15 is 0 Å². The zero-order chi connectivity index (χ0) is 9.42. The topological polar surface area (TPSA) is 20.2 Å². The molecule has 2 rings (SSSR count). The third-order valence-corrected chi connectivity index (χ3v) is 3.67. The van der Waals surface area contributed by atoms with E-state index in [0.717, 1.165) is 19.2 Å². The SMILES string of the molecule is Oc1csc2cc(I)cc(CCl)c12. The van der Waals surface area contributed by atoms with Gasteiger partial charge in [0.25, 0.3) is 0 Å². The Hall–Kier alpha value is -0.0000000000000000555. The molecular weight excluding hydrogens is 319 g/mol. The summed E-state index contributed by atoms with van der Waals surface area (Å²) in [6.45, 7) is 0. The van der Waals surface area contributed by atoms with Gasteiger partial charge in [-0.25, -0.2) is 0 Å². The summed E-state index contributed by atoms with van der Waals surface area (Å²) in [5.74, 6) is 0.782. The molecule has 1 nitrogen and oxygen atoms in total. The van der Waals surface area contributed by atoms with Gasteiger partial charge in [-0.15, -0.1) is 22.9 Å².